The molecule has 212 valence electrons. The Labute approximate surface area is 231 Å². The van der Waals surface area contributed by atoms with Crippen LogP contribution in [0.4, 0.5) is 5.69 Å². The predicted molar refractivity (Wildman–Crippen MR) is 150 cm³/mol. The van der Waals surface area contributed by atoms with Crippen LogP contribution in [0.5, 0.6) is 11.5 Å². The molecule has 0 radical (unpaired) electrons. The number of hydrogen-bond acceptors (Lipinski definition) is 6. The number of sulfonamides is 1. The number of rotatable bonds is 11. The summed E-state index contributed by atoms with van der Waals surface area (Å²) < 4.78 is 38.8. The molecule has 0 bridgehead atoms. The van der Waals surface area contributed by atoms with Crippen LogP contribution in [0.1, 0.15) is 57.9 Å². The smallest absolute Gasteiger partial charge is 0.244 e. The van der Waals surface area contributed by atoms with Crippen molar-refractivity contribution >= 4 is 27.5 Å². The highest BCUT2D eigenvalue weighted by molar-refractivity contribution is 7.92. The molecule has 0 aromatic heterocycles. The number of fused-ring (bicyclic) bond motifs is 1. The second-order valence-corrected chi connectivity index (χ2v) is 12.2. The van der Waals surface area contributed by atoms with Gasteiger partial charge in [0.15, 0.2) is 11.5 Å². The zero-order valence-electron chi connectivity index (χ0n) is 22.8. The van der Waals surface area contributed by atoms with Gasteiger partial charge in [0.25, 0.3) is 0 Å². The Morgan fingerprint density at radius 3 is 2.33 bits per heavy atom. The van der Waals surface area contributed by atoms with E-state index in [9.17, 15) is 18.0 Å². The van der Waals surface area contributed by atoms with Crippen molar-refractivity contribution in [1.82, 2.24) is 10.2 Å². The maximum Gasteiger partial charge on any atom is 0.244 e. The summed E-state index contributed by atoms with van der Waals surface area (Å²) in [4.78, 5) is 29.0. The summed E-state index contributed by atoms with van der Waals surface area (Å²) >= 11 is 0. The van der Waals surface area contributed by atoms with Crippen molar-refractivity contribution in [2.45, 2.75) is 71.0 Å². The maximum absolute atomic E-state index is 14.0. The average molecular weight is 558 g/mol. The number of anilines is 1. The summed E-state index contributed by atoms with van der Waals surface area (Å²) in [6, 6.07) is 13.7. The second kappa shape index (κ2) is 13.2. The number of carbonyl (C=O) groups is 2. The van der Waals surface area contributed by atoms with Crippen LogP contribution >= 0.6 is 0 Å². The van der Waals surface area contributed by atoms with Crippen LogP contribution in [0, 0.1) is 0 Å². The molecule has 2 aromatic rings. The van der Waals surface area contributed by atoms with Crippen molar-refractivity contribution in [3.05, 3.63) is 54.1 Å². The molecule has 1 aliphatic heterocycles. The van der Waals surface area contributed by atoms with Gasteiger partial charge in [-0.05, 0) is 43.9 Å². The molecule has 4 rings (SSSR count). The molecule has 0 unspecified atom stereocenters. The fourth-order valence-electron chi connectivity index (χ4n) is 5.15. The molecule has 2 aliphatic rings. The van der Waals surface area contributed by atoms with Gasteiger partial charge < -0.3 is 19.7 Å². The average Bonchev–Trinajstić information content (AvgIpc) is 2.96. The minimum Gasteiger partial charge on any atom is -0.486 e. The fourth-order valence-corrected chi connectivity index (χ4v) is 6.20. The van der Waals surface area contributed by atoms with Gasteiger partial charge in [0.1, 0.15) is 25.8 Å². The summed E-state index contributed by atoms with van der Waals surface area (Å²) in [6.45, 7) is 3.94. The Morgan fingerprint density at radius 2 is 1.67 bits per heavy atom. The molecule has 1 heterocycles. The Morgan fingerprint density at radius 1 is 0.974 bits per heavy atom. The zero-order chi connectivity index (χ0) is 27.8. The molecular weight excluding hydrogens is 518 g/mol. The molecule has 2 amide bonds. The highest BCUT2D eigenvalue weighted by atomic mass is 32.2. The molecule has 1 atom stereocenters. The Hall–Kier alpha value is -3.27. The summed E-state index contributed by atoms with van der Waals surface area (Å²) in [5.74, 6) is 0.129. The summed E-state index contributed by atoms with van der Waals surface area (Å²) in [5.41, 5.74) is 1.17. The monoisotopic (exact) mass is 557 g/mol. The Bertz CT molecular complexity index is 1230. The van der Waals surface area contributed by atoms with Gasteiger partial charge >= 0.3 is 0 Å². The first-order chi connectivity index (χ1) is 18.8. The number of nitrogens with one attached hydrogen (secondary N) is 1. The fraction of sp³-hybridized carbons (Fsp3) is 0.517. The molecule has 1 saturated carbocycles. The highest BCUT2D eigenvalue weighted by Crippen LogP contribution is 2.35. The topological polar surface area (TPSA) is 105 Å². The van der Waals surface area contributed by atoms with Gasteiger partial charge in [0.2, 0.25) is 21.8 Å². The van der Waals surface area contributed by atoms with Crippen molar-refractivity contribution in [2.75, 3.05) is 29.8 Å². The summed E-state index contributed by atoms with van der Waals surface area (Å²) in [5, 5.41) is 3.16. The van der Waals surface area contributed by atoms with Crippen molar-refractivity contribution in [3.8, 4) is 11.5 Å². The van der Waals surface area contributed by atoms with Crippen LogP contribution in [0.15, 0.2) is 48.5 Å². The molecule has 2 aromatic carbocycles. The van der Waals surface area contributed by atoms with Gasteiger partial charge in [-0.1, -0.05) is 56.5 Å². The van der Waals surface area contributed by atoms with Gasteiger partial charge in [-0.25, -0.2) is 8.42 Å². The molecule has 0 spiro atoms. The standard InChI is InChI=1S/C29H39N3O6S/c1-3-25(29(34)30-23-13-9-6-10-14-23)31(20-22-11-7-5-8-12-22)28(33)21-32(39(35,36)4-2)24-15-16-26-27(19-24)38-18-17-37-26/h5,7-8,11-12,15-16,19,23,25H,3-4,6,9-10,13-14,17-18,20-21H2,1-2H3,(H,30,34)/t25-/m0/s1. The van der Waals surface area contributed by atoms with Gasteiger partial charge in [-0.15, -0.1) is 0 Å². The largest absolute Gasteiger partial charge is 0.486 e. The van der Waals surface area contributed by atoms with Gasteiger partial charge in [-0.3, -0.25) is 13.9 Å². The van der Waals surface area contributed by atoms with Crippen LogP contribution in [-0.2, 0) is 26.2 Å². The number of carbonyl (C=O) groups excluding carboxylic acids is 2. The number of amides is 2. The van der Waals surface area contributed by atoms with E-state index in [0.29, 0.717) is 36.8 Å². The van der Waals surface area contributed by atoms with Crippen molar-refractivity contribution < 1.29 is 27.5 Å². The van der Waals surface area contributed by atoms with E-state index in [1.807, 2.05) is 37.3 Å². The minimum absolute atomic E-state index is 0.101. The second-order valence-electron chi connectivity index (χ2n) is 10.0. The maximum atomic E-state index is 14.0. The lowest BCUT2D eigenvalue weighted by Crippen LogP contribution is -2.54. The molecule has 39 heavy (non-hydrogen) atoms. The highest BCUT2D eigenvalue weighted by Gasteiger charge is 2.33. The SMILES string of the molecule is CC[C@@H](C(=O)NC1CCCCC1)N(Cc1ccccc1)C(=O)CN(c1ccc2c(c1)OCCO2)S(=O)(=O)CC. The molecule has 1 fully saturated rings. The number of ether oxygens (including phenoxy) is 2. The number of benzene rings is 2. The molecule has 1 aliphatic carbocycles. The minimum atomic E-state index is -3.83. The Kier molecular flexibility index (Phi) is 9.72. The van der Waals surface area contributed by atoms with E-state index < -0.39 is 28.5 Å². The van der Waals surface area contributed by atoms with Gasteiger partial charge in [-0.2, -0.15) is 0 Å². The van der Waals surface area contributed by atoms with E-state index in [4.69, 9.17) is 9.47 Å². The normalized spacial score (nSPS) is 16.3. The lowest BCUT2D eigenvalue weighted by molar-refractivity contribution is -0.140. The van der Waals surface area contributed by atoms with Crippen molar-refractivity contribution in [1.29, 1.82) is 0 Å². The van der Waals surface area contributed by atoms with Gasteiger partial charge in [0.05, 0.1) is 11.4 Å². The van der Waals surface area contributed by atoms with E-state index in [-0.39, 0.29) is 24.2 Å². The van der Waals surface area contributed by atoms with Crippen LogP contribution in [0.2, 0.25) is 0 Å². The first-order valence-electron chi connectivity index (χ1n) is 13.9. The number of nitrogens with zero attached hydrogens (tertiary/aromatic N) is 2. The van der Waals surface area contributed by atoms with E-state index in [1.165, 1.54) is 11.3 Å². The van der Waals surface area contributed by atoms with Crippen molar-refractivity contribution in [3.63, 3.8) is 0 Å². The third-order valence-electron chi connectivity index (χ3n) is 7.33. The van der Waals surface area contributed by atoms with Gasteiger partial charge in [0, 0.05) is 18.7 Å². The quantitative estimate of drug-likeness (QED) is 0.450. The van der Waals surface area contributed by atoms with Crippen LogP contribution in [0.25, 0.3) is 0 Å². The molecular formula is C29H39N3O6S. The molecule has 1 N–H and O–H groups in total. The van der Waals surface area contributed by atoms with E-state index in [1.54, 1.807) is 25.1 Å². The third kappa shape index (κ3) is 7.23. The van der Waals surface area contributed by atoms with E-state index in [2.05, 4.69) is 5.32 Å². The summed E-state index contributed by atoms with van der Waals surface area (Å²) in [7, 11) is -3.83. The Balaban J connectivity index is 1.63. The van der Waals surface area contributed by atoms with Crippen LogP contribution in [-0.4, -0.2) is 62.7 Å². The van der Waals surface area contributed by atoms with Crippen molar-refractivity contribution in [2.24, 2.45) is 0 Å². The predicted octanol–water partition coefficient (Wildman–Crippen LogP) is 3.87. The molecule has 10 heteroatoms. The van der Waals surface area contributed by atoms with E-state index in [0.717, 1.165) is 35.6 Å². The van der Waals surface area contributed by atoms with Crippen LogP contribution < -0.4 is 19.1 Å². The summed E-state index contributed by atoms with van der Waals surface area (Å²) in [6.07, 6.45) is 5.59. The van der Waals surface area contributed by atoms with Crippen LogP contribution in [0.3, 0.4) is 0 Å². The molecule has 9 nitrogen and oxygen atoms in total. The zero-order valence-corrected chi connectivity index (χ0v) is 23.6. The lowest BCUT2D eigenvalue weighted by atomic mass is 9.95. The van der Waals surface area contributed by atoms with E-state index >= 15 is 0 Å². The molecule has 0 saturated heterocycles. The lowest BCUT2D eigenvalue weighted by Gasteiger charge is -2.34. The first-order valence-corrected chi connectivity index (χ1v) is 15.5. The number of hydrogen-bond donors (Lipinski definition) is 1. The third-order valence-corrected chi connectivity index (χ3v) is 9.07. The first kappa shape index (κ1) is 28.7.